The van der Waals surface area contributed by atoms with Crippen molar-refractivity contribution in [2.75, 3.05) is 13.2 Å². The molecule has 184 valence electrons. The molecule has 4 N–H and O–H groups in total. The van der Waals surface area contributed by atoms with Crippen LogP contribution >= 0.6 is 0 Å². The Morgan fingerprint density at radius 3 is 2.48 bits per heavy atom. The van der Waals surface area contributed by atoms with Crippen LogP contribution in [-0.2, 0) is 14.4 Å². The number of hydrogen-bond donors (Lipinski definition) is 3. The summed E-state index contributed by atoms with van der Waals surface area (Å²) in [6.07, 6.45) is 15.9. The van der Waals surface area contributed by atoms with E-state index in [0.29, 0.717) is 48.5 Å². The van der Waals surface area contributed by atoms with Crippen molar-refractivity contribution in [2.45, 2.75) is 66.2 Å². The second kappa shape index (κ2) is 11.6. The molecule has 0 aromatic carbocycles. The van der Waals surface area contributed by atoms with E-state index in [4.69, 9.17) is 20.8 Å². The van der Waals surface area contributed by atoms with Gasteiger partial charge in [-0.3, -0.25) is 0 Å². The Kier molecular flexibility index (Phi) is 9.46. The molecule has 3 rings (SSSR count). The molecule has 0 aromatic heterocycles. The molecule has 0 amide bonds. The number of oxime groups is 1. The first-order valence-electron chi connectivity index (χ1n) is 11.9. The second-order valence-corrected chi connectivity index (χ2v) is 10.2. The number of allylic oxidation sites excluding steroid dienone is 4. The SMILES string of the molecule is CC(C)C1=CC2=CC[C@@H]3[C@](C)(CCC[C@@]3(C)/C=N/OCCN)[C@H]2CC1.O=C(O)/C=C/C(=O)O. The highest BCUT2D eigenvalue weighted by Gasteiger charge is 2.53. The van der Waals surface area contributed by atoms with E-state index in [0.717, 1.165) is 0 Å². The summed E-state index contributed by atoms with van der Waals surface area (Å²) in [7, 11) is 0. The quantitative estimate of drug-likeness (QED) is 0.217. The van der Waals surface area contributed by atoms with Crippen molar-refractivity contribution in [1.82, 2.24) is 0 Å². The molecular formula is C26H40N2O5. The number of carboxylic acid groups (broad SMARTS) is 2. The first-order valence-corrected chi connectivity index (χ1v) is 11.9. The van der Waals surface area contributed by atoms with E-state index in [-0.39, 0.29) is 5.41 Å². The summed E-state index contributed by atoms with van der Waals surface area (Å²) in [5.74, 6) is -0.468. The van der Waals surface area contributed by atoms with Gasteiger partial charge in [-0.05, 0) is 60.8 Å². The standard InChI is InChI=1S/C22H36N2O.C4H4O4/c1-16(2)17-6-8-19-18(14-17)7-9-20-21(3,15-24-25-13-12-23)10-5-11-22(19,20)4;5-3(6)1-2-4(7)8/h7,14-16,19-20H,5-6,8-13,23H2,1-4H3;1-2H,(H,5,6)(H,7,8)/b24-15+;2-1+/t19-,20-,21-,22+;/m0./s1. The predicted octanol–water partition coefficient (Wildman–Crippen LogP) is 4.79. The molecule has 0 aromatic rings. The van der Waals surface area contributed by atoms with Crippen LogP contribution in [0.5, 0.6) is 0 Å². The molecule has 0 bridgehead atoms. The first-order chi connectivity index (χ1) is 15.5. The predicted molar refractivity (Wildman–Crippen MR) is 130 cm³/mol. The highest BCUT2D eigenvalue weighted by atomic mass is 16.6. The highest BCUT2D eigenvalue weighted by molar-refractivity contribution is 5.89. The molecule has 7 heteroatoms. The summed E-state index contributed by atoms with van der Waals surface area (Å²) in [5, 5.41) is 19.9. The van der Waals surface area contributed by atoms with E-state index in [2.05, 4.69) is 51.2 Å². The lowest BCUT2D eigenvalue weighted by atomic mass is 9.47. The number of carboxylic acids is 2. The lowest BCUT2D eigenvalue weighted by Gasteiger charge is -2.57. The number of nitrogens with zero attached hydrogens (tertiary/aromatic N) is 1. The highest BCUT2D eigenvalue weighted by Crippen LogP contribution is 2.61. The summed E-state index contributed by atoms with van der Waals surface area (Å²) in [5.41, 5.74) is 9.28. The van der Waals surface area contributed by atoms with Crippen LogP contribution in [-0.4, -0.2) is 41.5 Å². The van der Waals surface area contributed by atoms with Crippen LogP contribution in [0.4, 0.5) is 0 Å². The molecule has 3 aliphatic carbocycles. The Morgan fingerprint density at radius 2 is 1.91 bits per heavy atom. The van der Waals surface area contributed by atoms with E-state index in [9.17, 15) is 9.59 Å². The Labute approximate surface area is 197 Å². The van der Waals surface area contributed by atoms with Crippen molar-refractivity contribution < 1.29 is 24.6 Å². The van der Waals surface area contributed by atoms with E-state index in [1.54, 1.807) is 11.1 Å². The average molecular weight is 461 g/mol. The van der Waals surface area contributed by atoms with Crippen LogP contribution in [0.2, 0.25) is 0 Å². The lowest BCUT2D eigenvalue weighted by Crippen LogP contribution is -2.50. The van der Waals surface area contributed by atoms with Crippen LogP contribution in [0.15, 0.2) is 40.6 Å². The zero-order valence-electron chi connectivity index (χ0n) is 20.4. The Bertz CT molecular complexity index is 813. The Hall–Kier alpha value is -2.41. The van der Waals surface area contributed by atoms with Crippen molar-refractivity contribution in [3.05, 3.63) is 35.5 Å². The molecule has 0 spiro atoms. The van der Waals surface area contributed by atoms with Gasteiger partial charge in [-0.15, -0.1) is 0 Å². The summed E-state index contributed by atoms with van der Waals surface area (Å²) in [6.45, 7) is 10.6. The van der Waals surface area contributed by atoms with Crippen molar-refractivity contribution in [3.63, 3.8) is 0 Å². The van der Waals surface area contributed by atoms with E-state index in [1.165, 1.54) is 38.5 Å². The minimum atomic E-state index is -1.26. The zero-order chi connectivity index (χ0) is 24.6. The van der Waals surface area contributed by atoms with Gasteiger partial charge in [-0.2, -0.15) is 0 Å². The van der Waals surface area contributed by atoms with Gasteiger partial charge in [0.1, 0.15) is 6.61 Å². The minimum Gasteiger partial charge on any atom is -0.478 e. The molecular weight excluding hydrogens is 420 g/mol. The van der Waals surface area contributed by atoms with Gasteiger partial charge in [0.2, 0.25) is 0 Å². The van der Waals surface area contributed by atoms with E-state index >= 15 is 0 Å². The maximum absolute atomic E-state index is 9.55. The molecule has 0 heterocycles. The molecule has 0 unspecified atom stereocenters. The summed E-state index contributed by atoms with van der Waals surface area (Å²) in [6, 6.07) is 0. The molecule has 7 nitrogen and oxygen atoms in total. The normalized spacial score (nSPS) is 31.2. The maximum atomic E-state index is 9.55. The van der Waals surface area contributed by atoms with Gasteiger partial charge < -0.3 is 20.8 Å². The number of aliphatic carboxylic acids is 2. The minimum absolute atomic E-state index is 0.131. The fraction of sp³-hybridized carbons (Fsp3) is 0.654. The first kappa shape index (κ1) is 26.8. The van der Waals surface area contributed by atoms with Crippen LogP contribution < -0.4 is 5.73 Å². The fourth-order valence-corrected chi connectivity index (χ4v) is 5.95. The summed E-state index contributed by atoms with van der Waals surface area (Å²) < 4.78 is 0. The van der Waals surface area contributed by atoms with Gasteiger partial charge >= 0.3 is 11.9 Å². The third kappa shape index (κ3) is 6.79. The topological polar surface area (TPSA) is 122 Å². The molecule has 33 heavy (non-hydrogen) atoms. The van der Waals surface area contributed by atoms with Gasteiger partial charge in [0.05, 0.1) is 0 Å². The Morgan fingerprint density at radius 1 is 1.24 bits per heavy atom. The number of nitrogens with two attached hydrogens (primary N) is 1. The molecule has 1 fully saturated rings. The van der Waals surface area contributed by atoms with Crippen molar-refractivity contribution in [1.29, 1.82) is 0 Å². The number of carbonyl (C=O) groups is 2. The number of fused-ring (bicyclic) bond motifs is 3. The monoisotopic (exact) mass is 460 g/mol. The van der Waals surface area contributed by atoms with Crippen LogP contribution in [0.3, 0.4) is 0 Å². The van der Waals surface area contributed by atoms with Crippen LogP contribution in [0.25, 0.3) is 0 Å². The van der Waals surface area contributed by atoms with Crippen molar-refractivity contribution in [3.8, 4) is 0 Å². The molecule has 0 radical (unpaired) electrons. The summed E-state index contributed by atoms with van der Waals surface area (Å²) in [4.78, 5) is 24.4. The van der Waals surface area contributed by atoms with Crippen molar-refractivity contribution in [2.24, 2.45) is 39.5 Å². The third-order valence-corrected chi connectivity index (χ3v) is 7.63. The zero-order valence-corrected chi connectivity index (χ0v) is 20.4. The van der Waals surface area contributed by atoms with Gasteiger partial charge in [-0.1, -0.05) is 57.0 Å². The fourth-order valence-electron chi connectivity index (χ4n) is 5.95. The van der Waals surface area contributed by atoms with E-state index in [1.807, 2.05) is 0 Å². The second-order valence-electron chi connectivity index (χ2n) is 10.2. The van der Waals surface area contributed by atoms with Gasteiger partial charge in [0.25, 0.3) is 0 Å². The smallest absolute Gasteiger partial charge is 0.328 e. The Balaban J connectivity index is 0.000000414. The van der Waals surface area contributed by atoms with Gasteiger partial charge in [0, 0.05) is 30.3 Å². The third-order valence-electron chi connectivity index (χ3n) is 7.63. The number of rotatable bonds is 7. The molecule has 3 aliphatic rings. The number of hydrogen-bond acceptors (Lipinski definition) is 5. The molecule has 0 saturated heterocycles. The molecule has 1 saturated carbocycles. The molecule has 0 aliphatic heterocycles. The largest absolute Gasteiger partial charge is 0.478 e. The van der Waals surface area contributed by atoms with Crippen LogP contribution in [0, 0.1) is 28.6 Å². The summed E-state index contributed by atoms with van der Waals surface area (Å²) >= 11 is 0. The van der Waals surface area contributed by atoms with Gasteiger partial charge in [0.15, 0.2) is 0 Å². The maximum Gasteiger partial charge on any atom is 0.328 e. The van der Waals surface area contributed by atoms with Gasteiger partial charge in [-0.25, -0.2) is 9.59 Å². The van der Waals surface area contributed by atoms with Crippen molar-refractivity contribution >= 4 is 18.2 Å². The molecule has 4 atom stereocenters. The van der Waals surface area contributed by atoms with Crippen LogP contribution in [0.1, 0.15) is 66.2 Å². The average Bonchev–Trinajstić information content (AvgIpc) is 2.75. The lowest BCUT2D eigenvalue weighted by molar-refractivity contribution is -0.134. The van der Waals surface area contributed by atoms with E-state index < -0.39 is 11.9 Å².